The molecule has 33 heavy (non-hydrogen) atoms. The molecule has 0 spiro atoms. The lowest BCUT2D eigenvalue weighted by molar-refractivity contribution is -0.135. The first-order chi connectivity index (χ1) is 15.7. The van der Waals surface area contributed by atoms with Gasteiger partial charge in [0.25, 0.3) is 0 Å². The maximum atomic E-state index is 13.5. The summed E-state index contributed by atoms with van der Waals surface area (Å²) >= 11 is 13.1. The van der Waals surface area contributed by atoms with E-state index in [0.717, 1.165) is 11.1 Å². The van der Waals surface area contributed by atoms with Crippen molar-refractivity contribution in [2.45, 2.75) is 50.5 Å². The van der Waals surface area contributed by atoms with Crippen molar-refractivity contribution in [3.8, 4) is 11.1 Å². The molecule has 1 aliphatic carbocycles. The fourth-order valence-corrected chi connectivity index (χ4v) is 5.40. The third kappa shape index (κ3) is 5.12. The van der Waals surface area contributed by atoms with Crippen LogP contribution in [-0.4, -0.2) is 41.4 Å². The van der Waals surface area contributed by atoms with Gasteiger partial charge in [0.2, 0.25) is 17.6 Å². The highest BCUT2D eigenvalue weighted by molar-refractivity contribution is 6.36. The van der Waals surface area contributed by atoms with Crippen LogP contribution in [-0.2, 0) is 16.0 Å². The minimum absolute atomic E-state index is 0.0168. The third-order valence-corrected chi connectivity index (χ3v) is 7.35. The summed E-state index contributed by atoms with van der Waals surface area (Å²) in [6, 6.07) is 9.96. The predicted octanol–water partition coefficient (Wildman–Crippen LogP) is 6.01. The Morgan fingerprint density at radius 2 is 1.64 bits per heavy atom. The number of likely N-dealkylation sites (tertiary alicyclic amines) is 1. The molecule has 1 heterocycles. The molecule has 2 aromatic carbocycles. The smallest absolute Gasteiger partial charge is 0.248 e. The van der Waals surface area contributed by atoms with Crippen LogP contribution in [0.3, 0.4) is 0 Å². The second-order valence-electron chi connectivity index (χ2n) is 8.79. The zero-order chi connectivity index (χ0) is 23.8. The normalized spacial score (nSPS) is 20.8. The molecule has 0 aromatic heterocycles. The lowest BCUT2D eigenvalue weighted by Crippen LogP contribution is -2.42. The average molecular weight is 494 g/mol. The summed E-state index contributed by atoms with van der Waals surface area (Å²) in [4.78, 5) is 36.9. The summed E-state index contributed by atoms with van der Waals surface area (Å²) < 4.78 is 27.0. The van der Waals surface area contributed by atoms with Gasteiger partial charge in [0.1, 0.15) is 0 Å². The van der Waals surface area contributed by atoms with Gasteiger partial charge in [-0.25, -0.2) is 8.78 Å². The van der Waals surface area contributed by atoms with Crippen molar-refractivity contribution in [1.82, 2.24) is 4.90 Å². The molecule has 2 aromatic rings. The maximum Gasteiger partial charge on any atom is 0.248 e. The van der Waals surface area contributed by atoms with Crippen LogP contribution < -0.4 is 0 Å². The average Bonchev–Trinajstić information content (AvgIpc) is 3.15. The van der Waals surface area contributed by atoms with Crippen molar-refractivity contribution in [1.29, 1.82) is 0 Å². The quantitative estimate of drug-likeness (QED) is 0.281. The van der Waals surface area contributed by atoms with Crippen LogP contribution in [0.5, 0.6) is 0 Å². The minimum Gasteiger partial charge on any atom is -0.339 e. The van der Waals surface area contributed by atoms with Gasteiger partial charge in [-0.1, -0.05) is 47.5 Å². The zero-order valence-corrected chi connectivity index (χ0v) is 19.3. The number of hydrogen-bond donors (Lipinski definition) is 0. The molecule has 1 saturated heterocycles. The van der Waals surface area contributed by atoms with Crippen LogP contribution in [0.15, 0.2) is 36.4 Å². The minimum atomic E-state index is -2.62. The highest BCUT2D eigenvalue weighted by Crippen LogP contribution is 2.39. The number of Topliss-reactive ketones (excluding diaryl/α,β-unsaturated/α-hetero) is 1. The number of nitrogens with zero attached hydrogens (tertiary/aromatic N) is 1. The number of ketones is 1. The topological polar surface area (TPSA) is 54.5 Å². The number of carbonyl (C=O) groups excluding carboxylic acids is 3. The number of benzene rings is 2. The predicted molar refractivity (Wildman–Crippen MR) is 123 cm³/mol. The molecule has 0 radical (unpaired) electrons. The van der Waals surface area contributed by atoms with Crippen molar-refractivity contribution in [3.05, 3.63) is 57.6 Å². The zero-order valence-electron chi connectivity index (χ0n) is 17.8. The van der Waals surface area contributed by atoms with E-state index in [1.165, 1.54) is 0 Å². The number of aldehydes is 1. The van der Waals surface area contributed by atoms with Crippen LogP contribution in [0.2, 0.25) is 10.0 Å². The Balaban J connectivity index is 1.46. The molecule has 2 fully saturated rings. The summed E-state index contributed by atoms with van der Waals surface area (Å²) in [6.45, 7) is 0.568. The molecule has 174 valence electrons. The molecule has 2 aliphatic rings. The number of halogens is 4. The van der Waals surface area contributed by atoms with Gasteiger partial charge in [0, 0.05) is 47.0 Å². The van der Waals surface area contributed by atoms with E-state index >= 15 is 0 Å². The van der Waals surface area contributed by atoms with Gasteiger partial charge < -0.3 is 4.90 Å². The first-order valence-electron chi connectivity index (χ1n) is 10.9. The van der Waals surface area contributed by atoms with Crippen LogP contribution in [0.1, 0.15) is 48.0 Å². The van der Waals surface area contributed by atoms with Crippen LogP contribution in [0.4, 0.5) is 8.78 Å². The highest BCUT2D eigenvalue weighted by Gasteiger charge is 2.42. The summed E-state index contributed by atoms with van der Waals surface area (Å²) in [6.07, 6.45) is 1.63. The standard InChI is InChI=1S/C25H23Cl2F2NO3/c26-21-12-18(15-1-3-16(4-2-15)23(32)14-31)13-22(27)20(21)11-17-7-10-30(24(17)33)19-5-8-25(28,29)9-6-19/h1-4,12-14,17,19H,5-11H2/t17-/m0/s1. The largest absolute Gasteiger partial charge is 0.339 e. The Morgan fingerprint density at radius 3 is 2.21 bits per heavy atom. The van der Waals surface area contributed by atoms with Gasteiger partial charge in [0.05, 0.1) is 0 Å². The third-order valence-electron chi connectivity index (χ3n) is 6.68. The molecule has 4 nitrogen and oxygen atoms in total. The lowest BCUT2D eigenvalue weighted by atomic mass is 9.91. The van der Waals surface area contributed by atoms with Gasteiger partial charge in [0.15, 0.2) is 6.29 Å². The van der Waals surface area contributed by atoms with Crippen molar-refractivity contribution in [2.75, 3.05) is 6.54 Å². The molecule has 1 saturated carbocycles. The summed E-state index contributed by atoms with van der Waals surface area (Å²) in [5.41, 5.74) is 2.52. The van der Waals surface area contributed by atoms with Crippen molar-refractivity contribution in [3.63, 3.8) is 0 Å². The number of rotatable bonds is 6. The second-order valence-corrected chi connectivity index (χ2v) is 9.60. The molecule has 0 unspecified atom stereocenters. The van der Waals surface area contributed by atoms with Crippen LogP contribution >= 0.6 is 23.2 Å². The fourth-order valence-electron chi connectivity index (χ4n) is 4.76. The molecular formula is C25H23Cl2F2NO3. The van der Waals surface area contributed by atoms with Gasteiger partial charge in [-0.3, -0.25) is 14.4 Å². The first-order valence-corrected chi connectivity index (χ1v) is 11.7. The number of carbonyl (C=O) groups is 3. The van der Waals surface area contributed by atoms with Crippen LogP contribution in [0.25, 0.3) is 11.1 Å². The molecule has 4 rings (SSSR count). The van der Waals surface area contributed by atoms with Gasteiger partial charge in [-0.15, -0.1) is 0 Å². The summed E-state index contributed by atoms with van der Waals surface area (Å²) in [7, 11) is 0. The van der Waals surface area contributed by atoms with E-state index in [4.69, 9.17) is 23.2 Å². The molecule has 0 bridgehead atoms. The molecule has 0 N–H and O–H groups in total. The Hall–Kier alpha value is -2.31. The van der Waals surface area contributed by atoms with Gasteiger partial charge >= 0.3 is 0 Å². The van der Waals surface area contributed by atoms with Crippen molar-refractivity contribution < 1.29 is 23.2 Å². The van der Waals surface area contributed by atoms with Crippen molar-refractivity contribution in [2.24, 2.45) is 5.92 Å². The maximum absolute atomic E-state index is 13.5. The van der Waals surface area contributed by atoms with E-state index in [9.17, 15) is 23.2 Å². The molecular weight excluding hydrogens is 471 g/mol. The molecule has 1 aliphatic heterocycles. The number of alkyl halides is 2. The first kappa shape index (κ1) is 23.8. The second kappa shape index (κ2) is 9.51. The Kier molecular flexibility index (Phi) is 6.87. The lowest BCUT2D eigenvalue weighted by Gasteiger charge is -2.34. The SMILES string of the molecule is O=CC(=O)c1ccc(-c2cc(Cl)c(C[C@@H]3CCN(C4CCC(F)(F)CC4)C3=O)c(Cl)c2)cc1. The fraction of sp³-hybridized carbons (Fsp3) is 0.400. The summed E-state index contributed by atoms with van der Waals surface area (Å²) in [5.74, 6) is -3.50. The highest BCUT2D eigenvalue weighted by atomic mass is 35.5. The van der Waals surface area contributed by atoms with E-state index in [1.54, 1.807) is 41.3 Å². The molecule has 1 amide bonds. The van der Waals surface area contributed by atoms with Crippen molar-refractivity contribution >= 4 is 41.2 Å². The molecule has 8 heteroatoms. The van der Waals surface area contributed by atoms with Crippen LogP contribution in [0, 0.1) is 5.92 Å². The summed E-state index contributed by atoms with van der Waals surface area (Å²) in [5, 5.41) is 0.878. The monoisotopic (exact) mass is 493 g/mol. The van der Waals surface area contributed by atoms with E-state index in [2.05, 4.69) is 0 Å². The number of hydrogen-bond acceptors (Lipinski definition) is 3. The van der Waals surface area contributed by atoms with Gasteiger partial charge in [-0.05, 0) is 54.5 Å². The van der Waals surface area contributed by atoms with E-state index in [-0.39, 0.29) is 37.0 Å². The van der Waals surface area contributed by atoms with E-state index < -0.39 is 11.7 Å². The molecule has 1 atom stereocenters. The Bertz CT molecular complexity index is 1050. The Labute approximate surface area is 200 Å². The Morgan fingerprint density at radius 1 is 1.03 bits per heavy atom. The van der Waals surface area contributed by atoms with E-state index in [0.29, 0.717) is 53.4 Å². The van der Waals surface area contributed by atoms with Gasteiger partial charge in [-0.2, -0.15) is 0 Å². The van der Waals surface area contributed by atoms with E-state index in [1.807, 2.05) is 0 Å². The number of amides is 1.